The molecule has 0 aliphatic carbocycles. The van der Waals surface area contributed by atoms with E-state index in [4.69, 9.17) is 5.73 Å². The Hall–Kier alpha value is -1.63. The number of nitrogens with one attached hydrogen (secondary N) is 1. The molecule has 0 unspecified atom stereocenters. The zero-order valence-electron chi connectivity index (χ0n) is 11.0. The molecule has 0 saturated heterocycles. The van der Waals surface area contributed by atoms with Crippen molar-refractivity contribution in [3.63, 3.8) is 0 Å². The van der Waals surface area contributed by atoms with Crippen molar-refractivity contribution in [1.82, 2.24) is 0 Å². The Morgan fingerprint density at radius 2 is 1.95 bits per heavy atom. The Balaban J connectivity index is 2.82. The van der Waals surface area contributed by atoms with Crippen LogP contribution in [0.3, 0.4) is 0 Å². The van der Waals surface area contributed by atoms with Crippen molar-refractivity contribution < 1.29 is 17.6 Å². The van der Waals surface area contributed by atoms with Gasteiger partial charge in [-0.3, -0.25) is 4.79 Å². The molecule has 1 rings (SSSR count). The van der Waals surface area contributed by atoms with Gasteiger partial charge in [0.25, 0.3) is 0 Å². The average molecular weight is 288 g/mol. The summed E-state index contributed by atoms with van der Waals surface area (Å²) >= 11 is 0. The van der Waals surface area contributed by atoms with E-state index < -0.39 is 32.1 Å². The van der Waals surface area contributed by atoms with E-state index in [0.29, 0.717) is 0 Å². The number of hydrogen-bond donors (Lipinski definition) is 2. The molecule has 0 fully saturated rings. The third-order valence-corrected chi connectivity index (χ3v) is 5.05. The van der Waals surface area contributed by atoms with Gasteiger partial charge in [-0.15, -0.1) is 0 Å². The van der Waals surface area contributed by atoms with Crippen LogP contribution in [0.1, 0.15) is 20.8 Å². The van der Waals surface area contributed by atoms with Crippen molar-refractivity contribution in [3.05, 3.63) is 24.0 Å². The van der Waals surface area contributed by atoms with Crippen LogP contribution in [0.4, 0.5) is 15.8 Å². The molecule has 0 aromatic heterocycles. The third-order valence-electron chi connectivity index (χ3n) is 2.54. The van der Waals surface area contributed by atoms with Crippen molar-refractivity contribution in [1.29, 1.82) is 0 Å². The number of carbonyl (C=O) groups is 1. The molecule has 1 amide bonds. The van der Waals surface area contributed by atoms with Gasteiger partial charge in [-0.25, -0.2) is 12.8 Å². The van der Waals surface area contributed by atoms with Crippen molar-refractivity contribution in [2.75, 3.05) is 16.8 Å². The predicted octanol–water partition coefficient (Wildman–Crippen LogP) is 1.56. The minimum atomic E-state index is -3.57. The summed E-state index contributed by atoms with van der Waals surface area (Å²) in [4.78, 5) is 11.7. The van der Waals surface area contributed by atoms with Crippen molar-refractivity contribution in [2.45, 2.75) is 25.5 Å². The molecule has 106 valence electrons. The summed E-state index contributed by atoms with van der Waals surface area (Å²) < 4.78 is 35.5. The molecule has 5 nitrogen and oxygen atoms in total. The van der Waals surface area contributed by atoms with Gasteiger partial charge in [-0.1, -0.05) is 0 Å². The standard InChI is InChI=1S/C12H17FN2O3S/c1-12(2,3)19(17,18)7-11(16)15-10-5-4-8(13)6-9(10)14/h4-6H,7,14H2,1-3H3,(H,15,16). The molecule has 1 aromatic carbocycles. The maximum atomic E-state index is 12.8. The summed E-state index contributed by atoms with van der Waals surface area (Å²) in [6, 6.07) is 3.46. The lowest BCUT2D eigenvalue weighted by Crippen LogP contribution is -2.35. The first kappa shape index (κ1) is 15.4. The maximum Gasteiger partial charge on any atom is 0.239 e. The van der Waals surface area contributed by atoms with E-state index in [1.54, 1.807) is 0 Å². The van der Waals surface area contributed by atoms with Crippen LogP contribution in [0, 0.1) is 5.82 Å². The molecule has 0 radical (unpaired) electrons. The first-order valence-electron chi connectivity index (χ1n) is 5.60. The Morgan fingerprint density at radius 1 is 1.37 bits per heavy atom. The van der Waals surface area contributed by atoms with Gasteiger partial charge < -0.3 is 11.1 Å². The van der Waals surface area contributed by atoms with Gasteiger partial charge in [0, 0.05) is 0 Å². The van der Waals surface area contributed by atoms with E-state index in [1.165, 1.54) is 26.8 Å². The number of anilines is 2. The molecule has 0 saturated carbocycles. The van der Waals surface area contributed by atoms with Gasteiger partial charge in [-0.05, 0) is 39.0 Å². The predicted molar refractivity (Wildman–Crippen MR) is 73.0 cm³/mol. The quantitative estimate of drug-likeness (QED) is 0.826. The maximum absolute atomic E-state index is 12.8. The Morgan fingerprint density at radius 3 is 2.42 bits per heavy atom. The lowest BCUT2D eigenvalue weighted by atomic mass is 10.2. The Labute approximate surface area is 111 Å². The molecule has 0 atom stereocenters. The number of rotatable bonds is 3. The molecule has 19 heavy (non-hydrogen) atoms. The van der Waals surface area contributed by atoms with Crippen molar-refractivity contribution in [3.8, 4) is 0 Å². The number of benzene rings is 1. The number of amides is 1. The normalized spacial score (nSPS) is 12.2. The van der Waals surface area contributed by atoms with E-state index >= 15 is 0 Å². The molecular weight excluding hydrogens is 271 g/mol. The Bertz CT molecular complexity index is 591. The first-order chi connectivity index (χ1) is 8.53. The average Bonchev–Trinajstić information content (AvgIpc) is 2.19. The van der Waals surface area contributed by atoms with Crippen molar-refractivity contribution in [2.24, 2.45) is 0 Å². The monoisotopic (exact) mass is 288 g/mol. The van der Waals surface area contributed by atoms with E-state index in [-0.39, 0.29) is 11.4 Å². The van der Waals surface area contributed by atoms with E-state index in [2.05, 4.69) is 5.32 Å². The summed E-state index contributed by atoms with van der Waals surface area (Å²) in [5.41, 5.74) is 5.75. The minimum Gasteiger partial charge on any atom is -0.397 e. The van der Waals surface area contributed by atoms with E-state index in [0.717, 1.165) is 12.1 Å². The number of nitrogens with two attached hydrogens (primary N) is 1. The third kappa shape index (κ3) is 3.92. The van der Waals surface area contributed by atoms with Crippen LogP contribution in [0.25, 0.3) is 0 Å². The molecule has 0 heterocycles. The molecule has 7 heteroatoms. The highest BCUT2D eigenvalue weighted by Gasteiger charge is 2.31. The molecule has 0 spiro atoms. The zero-order chi connectivity index (χ0) is 14.8. The van der Waals surface area contributed by atoms with Crippen LogP contribution in [0.2, 0.25) is 0 Å². The molecule has 1 aromatic rings. The fourth-order valence-electron chi connectivity index (χ4n) is 1.22. The number of carbonyl (C=O) groups excluding carboxylic acids is 1. The second-order valence-corrected chi connectivity index (χ2v) is 7.89. The number of nitrogen functional groups attached to an aromatic ring is 1. The SMILES string of the molecule is CC(C)(C)S(=O)(=O)CC(=O)Nc1ccc(F)cc1N. The number of sulfone groups is 1. The second-order valence-electron chi connectivity index (χ2n) is 5.15. The second kappa shape index (κ2) is 5.16. The molecule has 0 bridgehead atoms. The van der Waals surface area contributed by atoms with Gasteiger partial charge in [0.15, 0.2) is 9.84 Å². The highest BCUT2D eigenvalue weighted by Crippen LogP contribution is 2.20. The molecule has 0 aliphatic heterocycles. The van der Waals surface area contributed by atoms with E-state index in [9.17, 15) is 17.6 Å². The number of hydrogen-bond acceptors (Lipinski definition) is 4. The fourth-order valence-corrected chi connectivity index (χ4v) is 2.07. The minimum absolute atomic E-state index is 0.0431. The van der Waals surface area contributed by atoms with Gasteiger partial charge in [0.2, 0.25) is 5.91 Å². The summed E-state index contributed by atoms with van der Waals surface area (Å²) in [7, 11) is -3.57. The van der Waals surface area contributed by atoms with Gasteiger partial charge in [0.1, 0.15) is 11.6 Å². The first-order valence-corrected chi connectivity index (χ1v) is 7.25. The van der Waals surface area contributed by atoms with Crippen LogP contribution in [-0.4, -0.2) is 24.8 Å². The van der Waals surface area contributed by atoms with Gasteiger partial charge >= 0.3 is 0 Å². The molecule has 0 aliphatic rings. The van der Waals surface area contributed by atoms with E-state index in [1.807, 2.05) is 0 Å². The smallest absolute Gasteiger partial charge is 0.239 e. The summed E-state index contributed by atoms with van der Waals surface area (Å²) in [6.07, 6.45) is 0. The zero-order valence-corrected chi connectivity index (χ0v) is 11.8. The van der Waals surface area contributed by atoms with Crippen molar-refractivity contribution >= 4 is 27.1 Å². The topological polar surface area (TPSA) is 89.3 Å². The van der Waals surface area contributed by atoms with Crippen LogP contribution < -0.4 is 11.1 Å². The molecular formula is C12H17FN2O3S. The van der Waals surface area contributed by atoms with Crippen LogP contribution in [0.15, 0.2) is 18.2 Å². The lowest BCUT2D eigenvalue weighted by molar-refractivity contribution is -0.113. The van der Waals surface area contributed by atoms with Crippen LogP contribution in [0.5, 0.6) is 0 Å². The number of halogens is 1. The highest BCUT2D eigenvalue weighted by atomic mass is 32.2. The molecule has 3 N–H and O–H groups in total. The highest BCUT2D eigenvalue weighted by molar-refractivity contribution is 7.93. The van der Waals surface area contributed by atoms with Crippen LogP contribution in [-0.2, 0) is 14.6 Å². The summed E-state index contributed by atoms with van der Waals surface area (Å²) in [6.45, 7) is 4.55. The Kier molecular flexibility index (Phi) is 4.19. The van der Waals surface area contributed by atoms with Gasteiger partial charge in [-0.2, -0.15) is 0 Å². The van der Waals surface area contributed by atoms with Crippen LogP contribution >= 0.6 is 0 Å². The largest absolute Gasteiger partial charge is 0.397 e. The lowest BCUT2D eigenvalue weighted by Gasteiger charge is -2.18. The fraction of sp³-hybridized carbons (Fsp3) is 0.417. The van der Waals surface area contributed by atoms with Gasteiger partial charge in [0.05, 0.1) is 16.1 Å². The summed E-state index contributed by atoms with van der Waals surface area (Å²) in [5.74, 6) is -1.88. The summed E-state index contributed by atoms with van der Waals surface area (Å²) in [5, 5.41) is 2.36.